The van der Waals surface area contributed by atoms with Crippen molar-refractivity contribution in [1.29, 1.82) is 0 Å². The van der Waals surface area contributed by atoms with E-state index in [2.05, 4.69) is 0 Å². The van der Waals surface area contributed by atoms with Gasteiger partial charge in [0.2, 0.25) is 5.91 Å². The molecule has 1 saturated heterocycles. The Hall–Kier alpha value is -2.24. The van der Waals surface area contributed by atoms with Gasteiger partial charge in [0.15, 0.2) is 6.61 Å². The molecule has 1 aliphatic carbocycles. The highest BCUT2D eigenvalue weighted by atomic mass is 16.5. The molecular formula is C24H36N2O4. The zero-order valence-electron chi connectivity index (χ0n) is 18.3. The number of rotatable bonds is 8. The first-order valence-corrected chi connectivity index (χ1v) is 11.6. The average Bonchev–Trinajstić information content (AvgIpc) is 3.04. The fourth-order valence-electron chi connectivity index (χ4n) is 4.41. The number of hydrogen-bond acceptors (Lipinski definition) is 4. The van der Waals surface area contributed by atoms with Gasteiger partial charge >= 0.3 is 0 Å². The predicted octanol–water partition coefficient (Wildman–Crippen LogP) is 3.89. The molecule has 30 heavy (non-hydrogen) atoms. The van der Waals surface area contributed by atoms with Gasteiger partial charge in [0.05, 0.1) is 6.61 Å². The predicted molar refractivity (Wildman–Crippen MR) is 117 cm³/mol. The van der Waals surface area contributed by atoms with Gasteiger partial charge in [-0.3, -0.25) is 9.59 Å². The first kappa shape index (κ1) is 22.4. The molecule has 2 aliphatic rings. The first-order valence-electron chi connectivity index (χ1n) is 11.6. The Morgan fingerprint density at radius 1 is 0.833 bits per heavy atom. The lowest BCUT2D eigenvalue weighted by molar-refractivity contribution is -0.135. The highest BCUT2D eigenvalue weighted by Crippen LogP contribution is 2.27. The van der Waals surface area contributed by atoms with E-state index in [0.717, 1.165) is 31.1 Å². The Labute approximate surface area is 180 Å². The maximum Gasteiger partial charge on any atom is 0.260 e. The van der Waals surface area contributed by atoms with Crippen molar-refractivity contribution in [1.82, 2.24) is 9.80 Å². The Balaban J connectivity index is 1.39. The SMILES string of the molecule is CCOc1ccc(OCC(=O)N2CCCN(C(=O)CCC3CCCCC3)CC2)cc1. The molecule has 0 radical (unpaired) electrons. The van der Waals surface area contributed by atoms with Crippen LogP contribution in [0.5, 0.6) is 11.5 Å². The summed E-state index contributed by atoms with van der Waals surface area (Å²) in [6, 6.07) is 7.30. The van der Waals surface area contributed by atoms with E-state index >= 15 is 0 Å². The summed E-state index contributed by atoms with van der Waals surface area (Å²) in [5, 5.41) is 0. The highest BCUT2D eigenvalue weighted by Gasteiger charge is 2.23. The molecule has 1 aromatic carbocycles. The van der Waals surface area contributed by atoms with Crippen LogP contribution in [0.1, 0.15) is 58.3 Å². The molecule has 0 spiro atoms. The van der Waals surface area contributed by atoms with Crippen LogP contribution in [-0.4, -0.2) is 61.0 Å². The molecule has 166 valence electrons. The molecule has 2 amide bonds. The molecule has 0 atom stereocenters. The second-order valence-electron chi connectivity index (χ2n) is 8.35. The van der Waals surface area contributed by atoms with Crippen LogP contribution in [0.4, 0.5) is 0 Å². The normalized spacial score (nSPS) is 18.0. The van der Waals surface area contributed by atoms with Crippen molar-refractivity contribution in [2.24, 2.45) is 5.92 Å². The number of ether oxygens (including phenoxy) is 2. The molecule has 0 aromatic heterocycles. The molecule has 1 aliphatic heterocycles. The molecule has 1 aromatic rings. The summed E-state index contributed by atoms with van der Waals surface area (Å²) < 4.78 is 11.1. The molecule has 6 nitrogen and oxygen atoms in total. The van der Waals surface area contributed by atoms with Gasteiger partial charge in [0.25, 0.3) is 5.91 Å². The van der Waals surface area contributed by atoms with Gasteiger partial charge in [0, 0.05) is 32.6 Å². The smallest absolute Gasteiger partial charge is 0.260 e. The van der Waals surface area contributed by atoms with Crippen LogP contribution in [0, 0.1) is 5.92 Å². The number of hydrogen-bond donors (Lipinski definition) is 0. The van der Waals surface area contributed by atoms with Crippen LogP contribution >= 0.6 is 0 Å². The highest BCUT2D eigenvalue weighted by molar-refractivity contribution is 5.78. The fourth-order valence-corrected chi connectivity index (χ4v) is 4.41. The fraction of sp³-hybridized carbons (Fsp3) is 0.667. The van der Waals surface area contributed by atoms with Crippen molar-refractivity contribution >= 4 is 11.8 Å². The van der Waals surface area contributed by atoms with Crippen LogP contribution in [0.2, 0.25) is 0 Å². The summed E-state index contributed by atoms with van der Waals surface area (Å²) in [5.74, 6) is 2.39. The van der Waals surface area contributed by atoms with Crippen LogP contribution in [0.3, 0.4) is 0 Å². The van der Waals surface area contributed by atoms with Gasteiger partial charge in [0.1, 0.15) is 11.5 Å². The Morgan fingerprint density at radius 3 is 2.07 bits per heavy atom. The van der Waals surface area contributed by atoms with Gasteiger partial charge in [-0.15, -0.1) is 0 Å². The lowest BCUT2D eigenvalue weighted by Gasteiger charge is -2.24. The summed E-state index contributed by atoms with van der Waals surface area (Å²) in [6.45, 7) is 5.21. The quantitative estimate of drug-likeness (QED) is 0.645. The van der Waals surface area contributed by atoms with E-state index < -0.39 is 0 Å². The number of carbonyl (C=O) groups is 2. The Kier molecular flexibility index (Phi) is 8.84. The molecule has 0 N–H and O–H groups in total. The summed E-state index contributed by atoms with van der Waals surface area (Å²) >= 11 is 0. The third-order valence-corrected chi connectivity index (χ3v) is 6.19. The van der Waals surface area contributed by atoms with E-state index in [4.69, 9.17) is 9.47 Å². The molecule has 0 bridgehead atoms. The third-order valence-electron chi connectivity index (χ3n) is 6.19. The maximum atomic E-state index is 12.6. The summed E-state index contributed by atoms with van der Waals surface area (Å²) in [5.41, 5.74) is 0. The van der Waals surface area contributed by atoms with E-state index in [0.29, 0.717) is 38.4 Å². The van der Waals surface area contributed by atoms with Gasteiger partial charge < -0.3 is 19.3 Å². The molecule has 3 rings (SSSR count). The lowest BCUT2D eigenvalue weighted by atomic mass is 9.86. The standard InChI is InChI=1S/C24H36N2O4/c1-2-29-21-10-12-22(13-11-21)30-19-24(28)26-16-6-15-25(17-18-26)23(27)14-9-20-7-4-3-5-8-20/h10-13,20H,2-9,14-19H2,1H3. The molecule has 0 unspecified atom stereocenters. The topological polar surface area (TPSA) is 59.1 Å². The second kappa shape index (κ2) is 11.8. The summed E-state index contributed by atoms with van der Waals surface area (Å²) in [6.07, 6.45) is 9.05. The summed E-state index contributed by atoms with van der Waals surface area (Å²) in [7, 11) is 0. The van der Waals surface area contributed by atoms with Gasteiger partial charge in [-0.1, -0.05) is 32.1 Å². The minimum absolute atomic E-state index is 0.0175. The van der Waals surface area contributed by atoms with Crippen molar-refractivity contribution in [2.75, 3.05) is 39.4 Å². The number of benzene rings is 1. The monoisotopic (exact) mass is 416 g/mol. The van der Waals surface area contributed by atoms with Crippen molar-refractivity contribution < 1.29 is 19.1 Å². The van der Waals surface area contributed by atoms with Crippen LogP contribution in [0.25, 0.3) is 0 Å². The number of carbonyl (C=O) groups excluding carboxylic acids is 2. The Morgan fingerprint density at radius 2 is 1.43 bits per heavy atom. The van der Waals surface area contributed by atoms with Crippen LogP contribution < -0.4 is 9.47 Å². The zero-order chi connectivity index (χ0) is 21.2. The molecule has 2 fully saturated rings. The number of amides is 2. The largest absolute Gasteiger partial charge is 0.494 e. The van der Waals surface area contributed by atoms with Crippen molar-refractivity contribution in [3.63, 3.8) is 0 Å². The van der Waals surface area contributed by atoms with E-state index in [1.807, 2.05) is 41.0 Å². The summed E-state index contributed by atoms with van der Waals surface area (Å²) in [4.78, 5) is 29.0. The minimum atomic E-state index is -0.0274. The van der Waals surface area contributed by atoms with E-state index in [9.17, 15) is 9.59 Å². The molecule has 6 heteroatoms. The van der Waals surface area contributed by atoms with Gasteiger partial charge in [-0.25, -0.2) is 0 Å². The maximum absolute atomic E-state index is 12.6. The van der Waals surface area contributed by atoms with Crippen molar-refractivity contribution in [3.8, 4) is 11.5 Å². The van der Waals surface area contributed by atoms with Crippen LogP contribution in [0.15, 0.2) is 24.3 Å². The second-order valence-corrected chi connectivity index (χ2v) is 8.35. The zero-order valence-corrected chi connectivity index (χ0v) is 18.3. The van der Waals surface area contributed by atoms with E-state index in [1.165, 1.54) is 32.1 Å². The molecular weight excluding hydrogens is 380 g/mol. The van der Waals surface area contributed by atoms with Crippen molar-refractivity contribution in [2.45, 2.75) is 58.3 Å². The third kappa shape index (κ3) is 6.92. The van der Waals surface area contributed by atoms with Gasteiger partial charge in [-0.05, 0) is 49.9 Å². The Bertz CT molecular complexity index is 670. The van der Waals surface area contributed by atoms with Gasteiger partial charge in [-0.2, -0.15) is 0 Å². The minimum Gasteiger partial charge on any atom is -0.494 e. The lowest BCUT2D eigenvalue weighted by Crippen LogP contribution is -2.39. The van der Waals surface area contributed by atoms with Crippen LogP contribution in [-0.2, 0) is 9.59 Å². The average molecular weight is 417 g/mol. The molecule has 1 saturated carbocycles. The van der Waals surface area contributed by atoms with E-state index in [1.54, 1.807) is 0 Å². The van der Waals surface area contributed by atoms with Crippen molar-refractivity contribution in [3.05, 3.63) is 24.3 Å². The van der Waals surface area contributed by atoms with E-state index in [-0.39, 0.29) is 18.4 Å². The first-order chi connectivity index (χ1) is 14.7. The number of nitrogens with zero attached hydrogens (tertiary/aromatic N) is 2. The molecule has 1 heterocycles.